The maximum absolute atomic E-state index is 12.2. The van der Waals surface area contributed by atoms with Crippen molar-refractivity contribution in [1.29, 1.82) is 0 Å². The SMILES string of the molecule is CCC1=NC(CCCCN=[N+]=[N-])=C(C(=O)O)C(c2ccc([N+](=O)[O-])cc2)C1NC=O. The molecule has 1 heterocycles. The Balaban J connectivity index is 2.51. The van der Waals surface area contributed by atoms with Crippen LogP contribution in [-0.4, -0.2) is 40.7 Å². The summed E-state index contributed by atoms with van der Waals surface area (Å²) in [6.07, 6.45) is 2.51. The molecule has 158 valence electrons. The minimum absolute atomic E-state index is 0.0455. The van der Waals surface area contributed by atoms with Crippen molar-refractivity contribution in [2.24, 2.45) is 10.1 Å². The summed E-state index contributed by atoms with van der Waals surface area (Å²) in [7, 11) is 0. The van der Waals surface area contributed by atoms with Crippen molar-refractivity contribution in [3.8, 4) is 0 Å². The molecule has 11 heteroatoms. The fraction of sp³-hybridized carbons (Fsp3) is 0.421. The van der Waals surface area contributed by atoms with Crippen molar-refractivity contribution < 1.29 is 19.6 Å². The Morgan fingerprint density at radius 3 is 2.63 bits per heavy atom. The average molecular weight is 414 g/mol. The van der Waals surface area contributed by atoms with Gasteiger partial charge in [-0.2, -0.15) is 0 Å². The van der Waals surface area contributed by atoms with Gasteiger partial charge in [0.25, 0.3) is 5.69 Å². The van der Waals surface area contributed by atoms with Gasteiger partial charge in [-0.05, 0) is 36.8 Å². The van der Waals surface area contributed by atoms with Gasteiger partial charge in [0.15, 0.2) is 0 Å². The van der Waals surface area contributed by atoms with Crippen LogP contribution in [0.5, 0.6) is 0 Å². The van der Waals surface area contributed by atoms with Crippen LogP contribution in [0.4, 0.5) is 5.69 Å². The lowest BCUT2D eigenvalue weighted by atomic mass is 9.78. The van der Waals surface area contributed by atoms with Crippen molar-refractivity contribution in [2.45, 2.75) is 44.6 Å². The van der Waals surface area contributed by atoms with E-state index in [1.807, 2.05) is 6.92 Å². The first-order valence-electron chi connectivity index (χ1n) is 9.43. The summed E-state index contributed by atoms with van der Waals surface area (Å²) in [4.78, 5) is 41.1. The number of allylic oxidation sites excluding steroid dienone is 1. The van der Waals surface area contributed by atoms with E-state index in [0.29, 0.717) is 55.6 Å². The molecular formula is C19H22N6O5. The first-order chi connectivity index (χ1) is 14.4. The summed E-state index contributed by atoms with van der Waals surface area (Å²) >= 11 is 0. The molecule has 2 unspecified atom stereocenters. The number of non-ortho nitro benzene ring substituents is 1. The molecule has 0 bridgehead atoms. The average Bonchev–Trinajstić information content (AvgIpc) is 2.73. The highest BCUT2D eigenvalue weighted by atomic mass is 16.6. The van der Waals surface area contributed by atoms with E-state index in [1.54, 1.807) is 0 Å². The maximum Gasteiger partial charge on any atom is 0.334 e. The molecular weight excluding hydrogens is 392 g/mol. The number of benzene rings is 1. The second-order valence-electron chi connectivity index (χ2n) is 6.62. The molecule has 2 rings (SSSR count). The highest BCUT2D eigenvalue weighted by molar-refractivity contribution is 6.00. The number of carbonyl (C=O) groups is 2. The van der Waals surface area contributed by atoms with Crippen molar-refractivity contribution in [3.05, 3.63) is 61.7 Å². The zero-order valence-corrected chi connectivity index (χ0v) is 16.4. The van der Waals surface area contributed by atoms with Gasteiger partial charge in [-0.15, -0.1) is 0 Å². The smallest absolute Gasteiger partial charge is 0.334 e. The molecule has 1 amide bonds. The summed E-state index contributed by atoms with van der Waals surface area (Å²) in [5, 5.41) is 27.0. The van der Waals surface area contributed by atoms with Crippen LogP contribution in [0.15, 0.2) is 45.6 Å². The standard InChI is InChI=1S/C19H22N6O5/c1-2-14-18(21-11-26)16(12-6-8-13(9-7-12)25(29)30)17(19(27)28)15(23-14)5-3-4-10-22-24-20/h6-9,11,16,18H,2-5,10H2,1H3,(H,21,26)(H,27,28). The van der Waals surface area contributed by atoms with Gasteiger partial charge in [0.05, 0.1) is 22.2 Å². The Morgan fingerprint density at radius 2 is 2.10 bits per heavy atom. The molecule has 1 aromatic rings. The highest BCUT2D eigenvalue weighted by Gasteiger charge is 2.38. The van der Waals surface area contributed by atoms with Crippen LogP contribution in [-0.2, 0) is 9.59 Å². The molecule has 30 heavy (non-hydrogen) atoms. The molecule has 2 N–H and O–H groups in total. The lowest BCUT2D eigenvalue weighted by Gasteiger charge is -2.33. The number of carboxylic acids is 1. The number of aliphatic carboxylic acids is 1. The summed E-state index contributed by atoms with van der Waals surface area (Å²) in [6.45, 7) is 2.16. The number of unbranched alkanes of at least 4 members (excludes halogenated alkanes) is 1. The Hall–Kier alpha value is -3.72. The number of rotatable bonds is 11. The van der Waals surface area contributed by atoms with Crippen LogP contribution in [0.3, 0.4) is 0 Å². The van der Waals surface area contributed by atoms with Crippen LogP contribution in [0.1, 0.15) is 44.1 Å². The van der Waals surface area contributed by atoms with Gasteiger partial charge in [-0.1, -0.05) is 24.2 Å². The zero-order chi connectivity index (χ0) is 22.1. The first kappa shape index (κ1) is 22.6. The number of nitrogens with zero attached hydrogens (tertiary/aromatic N) is 5. The van der Waals surface area contributed by atoms with Gasteiger partial charge in [0.2, 0.25) is 6.41 Å². The predicted molar refractivity (Wildman–Crippen MR) is 109 cm³/mol. The third kappa shape index (κ3) is 5.21. The molecule has 0 spiro atoms. The number of nitro benzene ring substituents is 1. The van der Waals surface area contributed by atoms with E-state index < -0.39 is 22.9 Å². The molecule has 1 aliphatic heterocycles. The Labute approximate surface area is 172 Å². The van der Waals surface area contributed by atoms with Gasteiger partial charge in [-0.25, -0.2) is 4.79 Å². The van der Waals surface area contributed by atoms with Gasteiger partial charge in [0.1, 0.15) is 0 Å². The van der Waals surface area contributed by atoms with E-state index in [9.17, 15) is 24.8 Å². The number of aliphatic imine (C=N–C) groups is 1. The fourth-order valence-corrected chi connectivity index (χ4v) is 3.54. The van der Waals surface area contributed by atoms with Crippen LogP contribution < -0.4 is 5.32 Å². The molecule has 0 aliphatic carbocycles. The Morgan fingerprint density at radius 1 is 1.40 bits per heavy atom. The van der Waals surface area contributed by atoms with E-state index in [2.05, 4.69) is 20.3 Å². The van der Waals surface area contributed by atoms with Crippen LogP contribution in [0.2, 0.25) is 0 Å². The van der Waals surface area contributed by atoms with Crippen molar-refractivity contribution in [1.82, 2.24) is 5.32 Å². The third-order valence-corrected chi connectivity index (χ3v) is 4.88. The fourth-order valence-electron chi connectivity index (χ4n) is 3.54. The number of nitrogens with one attached hydrogen (secondary N) is 1. The minimum Gasteiger partial charge on any atom is -0.478 e. The number of hydrogen-bond donors (Lipinski definition) is 2. The second kappa shape index (κ2) is 10.7. The summed E-state index contributed by atoms with van der Waals surface area (Å²) in [5.41, 5.74) is 9.85. The summed E-state index contributed by atoms with van der Waals surface area (Å²) < 4.78 is 0. The number of carbonyl (C=O) groups excluding carboxylic acids is 1. The Bertz CT molecular complexity index is 918. The van der Waals surface area contributed by atoms with E-state index >= 15 is 0 Å². The molecule has 0 fully saturated rings. The topological polar surface area (TPSA) is 171 Å². The van der Waals surface area contributed by atoms with Gasteiger partial charge >= 0.3 is 5.97 Å². The monoisotopic (exact) mass is 414 g/mol. The molecule has 0 saturated carbocycles. The third-order valence-electron chi connectivity index (χ3n) is 4.88. The largest absolute Gasteiger partial charge is 0.478 e. The zero-order valence-electron chi connectivity index (χ0n) is 16.4. The van der Waals surface area contributed by atoms with E-state index in [0.717, 1.165) is 0 Å². The van der Waals surface area contributed by atoms with Crippen LogP contribution in [0, 0.1) is 10.1 Å². The Kier molecular flexibility index (Phi) is 8.07. The van der Waals surface area contributed by atoms with E-state index in [4.69, 9.17) is 5.53 Å². The molecule has 11 nitrogen and oxygen atoms in total. The predicted octanol–water partition coefficient (Wildman–Crippen LogP) is 3.48. The van der Waals surface area contributed by atoms with Crippen molar-refractivity contribution >= 4 is 23.8 Å². The highest BCUT2D eigenvalue weighted by Crippen LogP contribution is 2.37. The number of carboxylic acid groups (broad SMARTS) is 1. The van der Waals surface area contributed by atoms with Gasteiger partial charge < -0.3 is 10.4 Å². The molecule has 0 saturated heterocycles. The summed E-state index contributed by atoms with van der Waals surface area (Å²) in [6, 6.07) is 4.95. The van der Waals surface area contributed by atoms with Crippen LogP contribution in [0.25, 0.3) is 10.4 Å². The molecule has 0 aromatic heterocycles. The molecule has 1 aliphatic rings. The second-order valence-corrected chi connectivity index (χ2v) is 6.62. The number of amides is 1. The van der Waals surface area contributed by atoms with Gasteiger partial charge in [-0.3, -0.25) is 19.9 Å². The number of azide groups is 1. The normalized spacial score (nSPS) is 18.2. The minimum atomic E-state index is -1.17. The van der Waals surface area contributed by atoms with Crippen molar-refractivity contribution in [2.75, 3.05) is 6.54 Å². The lowest BCUT2D eigenvalue weighted by molar-refractivity contribution is -0.384. The maximum atomic E-state index is 12.2. The lowest BCUT2D eigenvalue weighted by Crippen LogP contribution is -2.45. The van der Waals surface area contributed by atoms with Crippen molar-refractivity contribution in [3.63, 3.8) is 0 Å². The summed E-state index contributed by atoms with van der Waals surface area (Å²) in [5.74, 6) is -1.91. The number of nitro groups is 1. The first-order valence-corrected chi connectivity index (χ1v) is 9.43. The quantitative estimate of drug-likeness (QED) is 0.107. The van der Waals surface area contributed by atoms with Crippen LogP contribution >= 0.6 is 0 Å². The molecule has 2 atom stereocenters. The van der Waals surface area contributed by atoms with E-state index in [-0.39, 0.29) is 11.3 Å². The number of hydrogen-bond acceptors (Lipinski definition) is 6. The van der Waals surface area contributed by atoms with E-state index in [1.165, 1.54) is 24.3 Å². The van der Waals surface area contributed by atoms with Gasteiger partial charge in [0, 0.05) is 35.2 Å². The molecule has 0 radical (unpaired) electrons. The molecule has 1 aromatic carbocycles.